The minimum atomic E-state index is -0.560. The van der Waals surface area contributed by atoms with Crippen LogP contribution in [-0.4, -0.2) is 111 Å². The monoisotopic (exact) mass is 528 g/mol. The van der Waals surface area contributed by atoms with Crippen molar-refractivity contribution in [3.05, 3.63) is 65.9 Å². The summed E-state index contributed by atoms with van der Waals surface area (Å²) in [6.07, 6.45) is 2.51. The van der Waals surface area contributed by atoms with Gasteiger partial charge in [0.2, 0.25) is 6.29 Å². The zero-order chi connectivity index (χ0) is 26.7. The molecule has 13 nitrogen and oxygen atoms in total. The molecule has 3 aromatic rings. The lowest BCUT2D eigenvalue weighted by Crippen LogP contribution is -2.51. The Bertz CT molecular complexity index is 1500. The number of nitrogens with two attached hydrogens (primary N) is 1. The molecule has 1 aromatic carbocycles. The number of fused-ring (bicyclic) bond motifs is 4. The normalized spacial score (nSPS) is 21.4. The summed E-state index contributed by atoms with van der Waals surface area (Å²) in [5.41, 5.74) is 2.77. The number of carbonyl (C=O) groups is 2. The van der Waals surface area contributed by atoms with E-state index in [4.69, 9.17) is 15.3 Å². The van der Waals surface area contributed by atoms with Crippen LogP contribution in [0, 0.1) is 0 Å². The van der Waals surface area contributed by atoms with Crippen molar-refractivity contribution < 1.29 is 14.0 Å². The van der Waals surface area contributed by atoms with Crippen LogP contribution >= 0.6 is 0 Å². The first-order valence-electron chi connectivity index (χ1n) is 12.9. The highest BCUT2D eigenvalue weighted by molar-refractivity contribution is 6.13. The Morgan fingerprint density at radius 1 is 1.13 bits per heavy atom. The maximum absolute atomic E-state index is 13.2. The van der Waals surface area contributed by atoms with E-state index in [1.54, 1.807) is 29.3 Å². The SMILES string of the molecule is CN1C(=O)N(CCN2CCN(C(=O)c3cc4ccccc4[nH]3)CC2)C2N=C3C(=C(c4ccco4)N=CN3N)N21. The van der Waals surface area contributed by atoms with Gasteiger partial charge in [-0.25, -0.2) is 35.6 Å². The summed E-state index contributed by atoms with van der Waals surface area (Å²) < 4.78 is 5.58. The van der Waals surface area contributed by atoms with Crippen molar-refractivity contribution in [1.82, 2.24) is 34.7 Å². The van der Waals surface area contributed by atoms with Gasteiger partial charge in [-0.3, -0.25) is 14.6 Å². The van der Waals surface area contributed by atoms with E-state index in [1.807, 2.05) is 46.3 Å². The largest absolute Gasteiger partial charge is 0.463 e. The van der Waals surface area contributed by atoms with Gasteiger partial charge >= 0.3 is 6.03 Å². The first kappa shape index (κ1) is 23.5. The number of furan rings is 1. The van der Waals surface area contributed by atoms with Gasteiger partial charge in [0.05, 0.1) is 6.26 Å². The Kier molecular flexibility index (Phi) is 5.42. The molecule has 0 bridgehead atoms. The number of aliphatic imine (C=N–C) groups is 2. The van der Waals surface area contributed by atoms with Gasteiger partial charge in [0, 0.05) is 57.2 Å². The number of hydrogen-bond donors (Lipinski definition) is 2. The Morgan fingerprint density at radius 3 is 2.72 bits per heavy atom. The second kappa shape index (κ2) is 8.99. The number of nitrogens with one attached hydrogen (secondary N) is 1. The summed E-state index contributed by atoms with van der Waals surface area (Å²) in [7, 11) is 1.72. The Hall–Kier alpha value is -4.62. The van der Waals surface area contributed by atoms with Crippen LogP contribution in [0.25, 0.3) is 16.6 Å². The van der Waals surface area contributed by atoms with Crippen molar-refractivity contribution in [3.8, 4) is 0 Å². The van der Waals surface area contributed by atoms with Gasteiger partial charge in [0.15, 0.2) is 11.6 Å². The predicted molar refractivity (Wildman–Crippen MR) is 144 cm³/mol. The van der Waals surface area contributed by atoms with E-state index in [1.165, 1.54) is 11.3 Å². The van der Waals surface area contributed by atoms with Crippen LogP contribution in [0.4, 0.5) is 4.79 Å². The number of aromatic nitrogens is 1. The summed E-state index contributed by atoms with van der Waals surface area (Å²) in [6, 6.07) is 13.2. The molecular weight excluding hydrogens is 500 g/mol. The minimum Gasteiger partial charge on any atom is -0.463 e. The molecular formula is C26H28N10O3. The quantitative estimate of drug-likeness (QED) is 0.478. The highest BCUT2D eigenvalue weighted by Gasteiger charge is 2.51. The summed E-state index contributed by atoms with van der Waals surface area (Å²) in [4.78, 5) is 44.7. The van der Waals surface area contributed by atoms with E-state index in [0.717, 1.165) is 24.0 Å². The summed E-state index contributed by atoms with van der Waals surface area (Å²) in [5.74, 6) is 7.26. The molecule has 0 aliphatic carbocycles. The molecule has 4 aliphatic heterocycles. The number of piperazine rings is 1. The highest BCUT2D eigenvalue weighted by Crippen LogP contribution is 2.38. The molecule has 2 aromatic heterocycles. The fourth-order valence-electron chi connectivity index (χ4n) is 5.55. The van der Waals surface area contributed by atoms with Crippen LogP contribution in [0.5, 0.6) is 0 Å². The molecule has 1 unspecified atom stereocenters. The number of hydrogen-bond acceptors (Lipinski definition) is 9. The Labute approximate surface area is 224 Å². The lowest BCUT2D eigenvalue weighted by molar-refractivity contribution is 0.0604. The molecule has 2 fully saturated rings. The predicted octanol–water partition coefficient (Wildman–Crippen LogP) is 1.39. The zero-order valence-electron chi connectivity index (χ0n) is 21.4. The zero-order valence-corrected chi connectivity index (χ0v) is 21.4. The molecule has 3 N–H and O–H groups in total. The van der Waals surface area contributed by atoms with E-state index in [9.17, 15) is 9.59 Å². The van der Waals surface area contributed by atoms with Crippen LogP contribution in [0.1, 0.15) is 16.2 Å². The molecule has 3 amide bonds. The van der Waals surface area contributed by atoms with Gasteiger partial charge in [-0.05, 0) is 24.3 Å². The number of aromatic amines is 1. The van der Waals surface area contributed by atoms with E-state index in [-0.39, 0.29) is 11.9 Å². The van der Waals surface area contributed by atoms with Crippen LogP contribution in [0.2, 0.25) is 0 Å². The molecule has 13 heteroatoms. The smallest absolute Gasteiger partial charge is 0.341 e. The lowest BCUT2D eigenvalue weighted by Gasteiger charge is -2.35. The highest BCUT2D eigenvalue weighted by atomic mass is 16.3. The number of benzene rings is 1. The van der Waals surface area contributed by atoms with E-state index >= 15 is 0 Å². The van der Waals surface area contributed by atoms with Gasteiger partial charge in [0.25, 0.3) is 5.91 Å². The lowest BCUT2D eigenvalue weighted by atomic mass is 10.2. The van der Waals surface area contributed by atoms with E-state index in [2.05, 4.69) is 14.9 Å². The molecule has 39 heavy (non-hydrogen) atoms. The van der Waals surface area contributed by atoms with Crippen molar-refractivity contribution in [2.45, 2.75) is 6.29 Å². The number of rotatable bonds is 5. The number of nitrogens with zero attached hydrogens (tertiary/aromatic N) is 8. The first-order valence-corrected chi connectivity index (χ1v) is 12.9. The molecule has 0 saturated carbocycles. The van der Waals surface area contributed by atoms with Gasteiger partial charge in [-0.15, -0.1) is 0 Å². The van der Waals surface area contributed by atoms with E-state index < -0.39 is 6.29 Å². The van der Waals surface area contributed by atoms with Crippen molar-refractivity contribution in [1.29, 1.82) is 0 Å². The van der Waals surface area contributed by atoms with Crippen molar-refractivity contribution in [3.63, 3.8) is 0 Å². The standard InChI is InChI=1S/C26H28N10O3/c1-31-26(38)34(25-30-23-22(36(25)31)21(28-16-35(23)27)20-7-4-14-39-20)13-10-32-8-11-33(12-9-32)24(37)19-15-17-5-2-3-6-18(17)29-19/h2-7,14-16,25,29H,8-13,27H2,1H3. The second-order valence-corrected chi connectivity index (χ2v) is 9.87. The molecule has 200 valence electrons. The third kappa shape index (κ3) is 3.77. The first-order chi connectivity index (χ1) is 19.0. The molecule has 0 spiro atoms. The van der Waals surface area contributed by atoms with Crippen LogP contribution in [0.15, 0.2) is 68.8 Å². The second-order valence-electron chi connectivity index (χ2n) is 9.87. The number of hydrazine groups is 2. The molecule has 4 aliphatic rings. The average molecular weight is 529 g/mol. The average Bonchev–Trinajstić information content (AvgIpc) is 3.74. The maximum Gasteiger partial charge on any atom is 0.341 e. The molecule has 0 radical (unpaired) electrons. The fourth-order valence-corrected chi connectivity index (χ4v) is 5.55. The van der Waals surface area contributed by atoms with Gasteiger partial charge in [-0.2, -0.15) is 0 Å². The van der Waals surface area contributed by atoms with Crippen LogP contribution in [-0.2, 0) is 0 Å². The fraction of sp³-hybridized carbons (Fsp3) is 0.308. The number of carbonyl (C=O) groups excluding carboxylic acids is 2. The Morgan fingerprint density at radius 2 is 1.95 bits per heavy atom. The van der Waals surface area contributed by atoms with Crippen LogP contribution < -0.4 is 5.84 Å². The molecule has 2 saturated heterocycles. The third-order valence-electron chi connectivity index (χ3n) is 7.63. The van der Waals surface area contributed by atoms with Crippen molar-refractivity contribution >= 4 is 40.7 Å². The molecule has 7 rings (SSSR count). The van der Waals surface area contributed by atoms with Crippen molar-refractivity contribution in [2.24, 2.45) is 15.8 Å². The number of amidine groups is 1. The topological polar surface area (TPSA) is 133 Å². The summed E-state index contributed by atoms with van der Waals surface area (Å²) in [5, 5.41) is 5.74. The van der Waals surface area contributed by atoms with Crippen molar-refractivity contribution in [2.75, 3.05) is 46.3 Å². The number of H-pyrrole nitrogens is 1. The molecule has 1 atom stereocenters. The maximum atomic E-state index is 13.2. The number of urea groups is 1. The van der Waals surface area contributed by atoms with Crippen LogP contribution in [0.3, 0.4) is 0 Å². The molecule has 6 heterocycles. The summed E-state index contributed by atoms with van der Waals surface area (Å²) >= 11 is 0. The Balaban J connectivity index is 1.02. The minimum absolute atomic E-state index is 0.0106. The van der Waals surface area contributed by atoms with Gasteiger partial charge < -0.3 is 14.3 Å². The third-order valence-corrected chi connectivity index (χ3v) is 7.63. The summed E-state index contributed by atoms with van der Waals surface area (Å²) in [6.45, 7) is 3.84. The number of para-hydroxylation sites is 1. The van der Waals surface area contributed by atoms with Gasteiger partial charge in [-0.1, -0.05) is 18.2 Å². The van der Waals surface area contributed by atoms with Gasteiger partial charge in [0.1, 0.15) is 23.4 Å². The number of amides is 3. The van der Waals surface area contributed by atoms with E-state index in [0.29, 0.717) is 54.9 Å².